The summed E-state index contributed by atoms with van der Waals surface area (Å²) in [4.78, 5) is 13.9. The number of rotatable bonds is 6. The highest BCUT2D eigenvalue weighted by atomic mass is 16.5. The summed E-state index contributed by atoms with van der Waals surface area (Å²) in [5, 5.41) is 3.38. The van der Waals surface area contributed by atoms with Gasteiger partial charge in [-0.15, -0.1) is 0 Å². The van der Waals surface area contributed by atoms with E-state index in [2.05, 4.69) is 29.6 Å². The lowest BCUT2D eigenvalue weighted by atomic mass is 10.1. The first kappa shape index (κ1) is 14.5. The first-order chi connectivity index (χ1) is 10.3. The fourth-order valence-corrected chi connectivity index (χ4v) is 2.77. The van der Waals surface area contributed by atoms with Crippen LogP contribution in [0.25, 0.3) is 0 Å². The number of carbonyl (C=O) groups excluding carboxylic acids is 1. The molecule has 2 aliphatic rings. The Labute approximate surface area is 126 Å². The minimum Gasteiger partial charge on any atom is -0.378 e. The Hall–Kier alpha value is -1.39. The van der Waals surface area contributed by atoms with E-state index in [1.807, 2.05) is 4.90 Å². The van der Waals surface area contributed by atoms with Crippen LogP contribution in [0.5, 0.6) is 0 Å². The zero-order valence-electron chi connectivity index (χ0n) is 12.5. The zero-order chi connectivity index (χ0) is 14.5. The summed E-state index contributed by atoms with van der Waals surface area (Å²) in [7, 11) is 0. The van der Waals surface area contributed by atoms with Crippen molar-refractivity contribution >= 4 is 5.91 Å². The molecule has 0 aromatic heterocycles. The molecule has 1 amide bonds. The molecule has 4 heteroatoms. The Kier molecular flexibility index (Phi) is 4.88. The Morgan fingerprint density at radius 3 is 2.86 bits per heavy atom. The Bertz CT molecular complexity index is 479. The van der Waals surface area contributed by atoms with E-state index in [9.17, 15) is 4.79 Å². The van der Waals surface area contributed by atoms with E-state index in [0.717, 1.165) is 32.1 Å². The van der Waals surface area contributed by atoms with Crippen LogP contribution in [0.4, 0.5) is 0 Å². The van der Waals surface area contributed by atoms with Crippen LogP contribution < -0.4 is 5.32 Å². The van der Waals surface area contributed by atoms with Gasteiger partial charge in [0.15, 0.2) is 0 Å². The minimum absolute atomic E-state index is 0.234. The van der Waals surface area contributed by atoms with Gasteiger partial charge in [-0.25, -0.2) is 0 Å². The summed E-state index contributed by atoms with van der Waals surface area (Å²) < 4.78 is 5.26. The second-order valence-electron chi connectivity index (χ2n) is 5.94. The first-order valence-corrected chi connectivity index (χ1v) is 7.98. The summed E-state index contributed by atoms with van der Waals surface area (Å²) in [6.07, 6.45) is 3.25. The predicted molar refractivity (Wildman–Crippen MR) is 82.1 cm³/mol. The number of benzene rings is 1. The van der Waals surface area contributed by atoms with Gasteiger partial charge >= 0.3 is 0 Å². The first-order valence-electron chi connectivity index (χ1n) is 7.98. The van der Waals surface area contributed by atoms with Crippen molar-refractivity contribution < 1.29 is 9.53 Å². The predicted octanol–water partition coefficient (Wildman–Crippen LogP) is 1.90. The molecular weight excluding hydrogens is 264 g/mol. The molecule has 1 aromatic carbocycles. The van der Waals surface area contributed by atoms with Gasteiger partial charge in [-0.2, -0.15) is 0 Å². The van der Waals surface area contributed by atoms with Crippen LogP contribution in [0.1, 0.15) is 36.3 Å². The van der Waals surface area contributed by atoms with Gasteiger partial charge < -0.3 is 15.0 Å². The molecule has 0 atom stereocenters. The second kappa shape index (κ2) is 7.05. The normalized spacial score (nSPS) is 18.8. The van der Waals surface area contributed by atoms with Gasteiger partial charge in [0.2, 0.25) is 5.91 Å². The zero-order valence-corrected chi connectivity index (χ0v) is 12.5. The van der Waals surface area contributed by atoms with Crippen molar-refractivity contribution in [3.63, 3.8) is 0 Å². The van der Waals surface area contributed by atoms with Gasteiger partial charge in [-0.3, -0.25) is 4.79 Å². The maximum Gasteiger partial charge on any atom is 0.224 e. The van der Waals surface area contributed by atoms with E-state index in [-0.39, 0.29) is 5.91 Å². The molecule has 1 aliphatic carbocycles. The van der Waals surface area contributed by atoms with Crippen molar-refractivity contribution in [2.45, 2.75) is 31.7 Å². The lowest BCUT2D eigenvalue weighted by Crippen LogP contribution is -2.41. The van der Waals surface area contributed by atoms with E-state index >= 15 is 0 Å². The van der Waals surface area contributed by atoms with Crippen molar-refractivity contribution in [3.05, 3.63) is 35.4 Å². The molecule has 1 aliphatic heterocycles. The monoisotopic (exact) mass is 288 g/mol. The third-order valence-electron chi connectivity index (χ3n) is 4.21. The maximum absolute atomic E-state index is 12.0. The number of hydrogen-bond donors (Lipinski definition) is 1. The van der Waals surface area contributed by atoms with Crippen molar-refractivity contribution in [1.82, 2.24) is 10.2 Å². The Balaban J connectivity index is 1.37. The quantitative estimate of drug-likeness (QED) is 0.813. The average Bonchev–Trinajstić information content (AvgIpc) is 3.37. The van der Waals surface area contributed by atoms with Crippen LogP contribution in [0.15, 0.2) is 24.3 Å². The second-order valence-corrected chi connectivity index (χ2v) is 5.94. The van der Waals surface area contributed by atoms with Crippen molar-refractivity contribution in [1.29, 1.82) is 0 Å². The number of morpholine rings is 1. The van der Waals surface area contributed by atoms with E-state index in [1.165, 1.54) is 24.0 Å². The molecule has 114 valence electrons. The highest BCUT2D eigenvalue weighted by Crippen LogP contribution is 2.40. The third-order valence-corrected chi connectivity index (χ3v) is 4.21. The third kappa shape index (κ3) is 4.29. The van der Waals surface area contributed by atoms with Crippen LogP contribution in [0.2, 0.25) is 0 Å². The van der Waals surface area contributed by atoms with Crippen LogP contribution >= 0.6 is 0 Å². The lowest BCUT2D eigenvalue weighted by molar-refractivity contribution is -0.135. The summed E-state index contributed by atoms with van der Waals surface area (Å²) in [5.41, 5.74) is 2.79. The van der Waals surface area contributed by atoms with Gasteiger partial charge in [0.05, 0.1) is 13.2 Å². The summed E-state index contributed by atoms with van der Waals surface area (Å²) in [6.45, 7) is 4.41. The number of amides is 1. The van der Waals surface area contributed by atoms with Gasteiger partial charge in [-0.1, -0.05) is 24.3 Å². The number of ether oxygens (including phenoxy) is 1. The van der Waals surface area contributed by atoms with E-state index in [1.54, 1.807) is 0 Å². The van der Waals surface area contributed by atoms with Gasteiger partial charge in [0.25, 0.3) is 0 Å². The smallest absolute Gasteiger partial charge is 0.224 e. The molecule has 1 saturated carbocycles. The standard InChI is InChI=1S/C17H24N2O2/c20-17(19-8-10-21-11-9-19)6-7-18-13-14-2-1-3-16(12-14)15-4-5-15/h1-3,12,15,18H,4-11,13H2. The molecule has 0 radical (unpaired) electrons. The van der Waals surface area contributed by atoms with Crippen molar-refractivity contribution in [3.8, 4) is 0 Å². The molecule has 1 saturated heterocycles. The molecule has 0 bridgehead atoms. The molecule has 1 N–H and O–H groups in total. The number of nitrogens with one attached hydrogen (secondary N) is 1. The highest BCUT2D eigenvalue weighted by molar-refractivity contribution is 5.76. The molecule has 0 spiro atoms. The van der Waals surface area contributed by atoms with Crippen LogP contribution in [0.3, 0.4) is 0 Å². The fourth-order valence-electron chi connectivity index (χ4n) is 2.77. The number of hydrogen-bond acceptors (Lipinski definition) is 3. The summed E-state index contributed by atoms with van der Waals surface area (Å²) in [6, 6.07) is 8.82. The summed E-state index contributed by atoms with van der Waals surface area (Å²) >= 11 is 0. The van der Waals surface area contributed by atoms with Crippen molar-refractivity contribution in [2.75, 3.05) is 32.8 Å². The Morgan fingerprint density at radius 1 is 1.29 bits per heavy atom. The SMILES string of the molecule is O=C(CCNCc1cccc(C2CC2)c1)N1CCOCC1. The van der Waals surface area contributed by atoms with Gasteiger partial charge in [0, 0.05) is 32.6 Å². The lowest BCUT2D eigenvalue weighted by Gasteiger charge is -2.26. The van der Waals surface area contributed by atoms with Crippen LogP contribution in [0, 0.1) is 0 Å². The molecule has 0 unspecified atom stereocenters. The number of carbonyl (C=O) groups is 1. The molecular formula is C17H24N2O2. The van der Waals surface area contributed by atoms with Gasteiger partial charge in [0.1, 0.15) is 0 Å². The number of nitrogens with zero attached hydrogens (tertiary/aromatic N) is 1. The van der Waals surface area contributed by atoms with E-state index < -0.39 is 0 Å². The van der Waals surface area contributed by atoms with E-state index in [4.69, 9.17) is 4.74 Å². The molecule has 3 rings (SSSR count). The highest BCUT2D eigenvalue weighted by Gasteiger charge is 2.23. The Morgan fingerprint density at radius 2 is 2.10 bits per heavy atom. The van der Waals surface area contributed by atoms with Crippen LogP contribution in [-0.2, 0) is 16.1 Å². The van der Waals surface area contributed by atoms with Crippen LogP contribution in [-0.4, -0.2) is 43.7 Å². The molecule has 21 heavy (non-hydrogen) atoms. The van der Waals surface area contributed by atoms with E-state index in [0.29, 0.717) is 19.6 Å². The van der Waals surface area contributed by atoms with Gasteiger partial charge in [-0.05, 0) is 29.9 Å². The molecule has 2 fully saturated rings. The largest absolute Gasteiger partial charge is 0.378 e. The molecule has 1 aromatic rings. The maximum atomic E-state index is 12.0. The summed E-state index contributed by atoms with van der Waals surface area (Å²) in [5.74, 6) is 1.03. The van der Waals surface area contributed by atoms with Crippen molar-refractivity contribution in [2.24, 2.45) is 0 Å². The fraction of sp³-hybridized carbons (Fsp3) is 0.588. The topological polar surface area (TPSA) is 41.6 Å². The molecule has 4 nitrogen and oxygen atoms in total. The minimum atomic E-state index is 0.234. The molecule has 1 heterocycles. The average molecular weight is 288 g/mol.